The smallest absolute Gasteiger partial charge is 0.338 e. The summed E-state index contributed by atoms with van der Waals surface area (Å²) in [6, 6.07) is 15.6. The summed E-state index contributed by atoms with van der Waals surface area (Å²) < 4.78 is 32.4. The second kappa shape index (κ2) is 8.85. The number of fused-ring (bicyclic) bond motifs is 1. The van der Waals surface area contributed by atoms with Gasteiger partial charge < -0.3 is 9.30 Å². The minimum atomic E-state index is -3.29. The Balaban J connectivity index is 1.44. The standard InChI is InChI=1S/C23H21N3O5S/c24-11-3-12-25-15-20(19-5-1-2-6-21(19)25)22(27)16-31-23(28)17-7-9-18(10-8-17)26-13-4-14-32(26,29)30/h1-2,5-10,15H,3-4,12-14,16H2. The summed E-state index contributed by atoms with van der Waals surface area (Å²) in [7, 11) is -3.29. The third kappa shape index (κ3) is 4.22. The molecule has 0 atom stereocenters. The maximum atomic E-state index is 12.8. The Kier molecular flexibility index (Phi) is 5.97. The van der Waals surface area contributed by atoms with Gasteiger partial charge in [0.25, 0.3) is 0 Å². The van der Waals surface area contributed by atoms with Crippen LogP contribution >= 0.6 is 0 Å². The van der Waals surface area contributed by atoms with Crippen molar-refractivity contribution in [1.29, 1.82) is 5.26 Å². The largest absolute Gasteiger partial charge is 0.454 e. The number of nitriles is 1. The summed E-state index contributed by atoms with van der Waals surface area (Å²) in [4.78, 5) is 25.2. The third-order valence-electron chi connectivity index (χ3n) is 5.38. The highest BCUT2D eigenvalue weighted by Gasteiger charge is 2.28. The van der Waals surface area contributed by atoms with E-state index in [2.05, 4.69) is 6.07 Å². The first-order valence-corrected chi connectivity index (χ1v) is 11.8. The van der Waals surface area contributed by atoms with E-state index in [0.717, 1.165) is 10.9 Å². The molecule has 0 unspecified atom stereocenters. The lowest BCUT2D eigenvalue weighted by molar-refractivity contribution is 0.0475. The zero-order valence-electron chi connectivity index (χ0n) is 17.2. The van der Waals surface area contributed by atoms with Crippen LogP contribution < -0.4 is 4.31 Å². The molecule has 1 fully saturated rings. The van der Waals surface area contributed by atoms with Gasteiger partial charge in [-0.2, -0.15) is 5.26 Å². The van der Waals surface area contributed by atoms with Gasteiger partial charge in [-0.1, -0.05) is 18.2 Å². The monoisotopic (exact) mass is 451 g/mol. The molecule has 1 saturated heterocycles. The fraction of sp³-hybridized carbons (Fsp3) is 0.261. The molecule has 0 saturated carbocycles. The van der Waals surface area contributed by atoms with Gasteiger partial charge >= 0.3 is 5.97 Å². The number of aromatic nitrogens is 1. The number of hydrogen-bond acceptors (Lipinski definition) is 6. The van der Waals surface area contributed by atoms with E-state index < -0.39 is 22.6 Å². The second-order valence-electron chi connectivity index (χ2n) is 7.45. The van der Waals surface area contributed by atoms with E-state index in [1.54, 1.807) is 18.3 Å². The normalized spacial score (nSPS) is 14.9. The van der Waals surface area contributed by atoms with Crippen molar-refractivity contribution in [3.05, 3.63) is 65.9 Å². The molecule has 0 spiro atoms. The van der Waals surface area contributed by atoms with Crippen LogP contribution in [0.4, 0.5) is 5.69 Å². The van der Waals surface area contributed by atoms with E-state index in [1.807, 2.05) is 28.8 Å². The summed E-state index contributed by atoms with van der Waals surface area (Å²) in [5.74, 6) is -0.890. The highest BCUT2D eigenvalue weighted by atomic mass is 32.2. The molecule has 0 aliphatic carbocycles. The van der Waals surface area contributed by atoms with Crippen LogP contribution in [0.2, 0.25) is 0 Å². The summed E-state index contributed by atoms with van der Waals surface area (Å²) in [6.45, 7) is 0.457. The zero-order chi connectivity index (χ0) is 22.7. The average Bonchev–Trinajstić information content (AvgIpc) is 3.35. The number of hydrogen-bond donors (Lipinski definition) is 0. The Labute approximate surface area is 185 Å². The number of benzene rings is 2. The van der Waals surface area contributed by atoms with Crippen LogP contribution in [0, 0.1) is 11.3 Å². The molecular formula is C23H21N3O5S. The lowest BCUT2D eigenvalue weighted by Gasteiger charge is -2.16. The number of ether oxygens (including phenoxy) is 1. The Hall–Kier alpha value is -3.64. The van der Waals surface area contributed by atoms with Crippen molar-refractivity contribution in [3.8, 4) is 6.07 Å². The molecule has 0 N–H and O–H groups in total. The van der Waals surface area contributed by atoms with Crippen LogP contribution in [0.25, 0.3) is 10.9 Å². The Bertz CT molecular complexity index is 1320. The van der Waals surface area contributed by atoms with E-state index in [-0.39, 0.29) is 17.1 Å². The molecule has 0 radical (unpaired) electrons. The van der Waals surface area contributed by atoms with Crippen LogP contribution in [-0.4, -0.2) is 43.6 Å². The number of carbonyl (C=O) groups excluding carboxylic acids is 2. The van der Waals surface area contributed by atoms with Crippen molar-refractivity contribution < 1.29 is 22.7 Å². The van der Waals surface area contributed by atoms with E-state index >= 15 is 0 Å². The molecule has 2 aromatic carbocycles. The highest BCUT2D eigenvalue weighted by molar-refractivity contribution is 7.93. The van der Waals surface area contributed by atoms with Gasteiger partial charge in [0.1, 0.15) is 0 Å². The molecule has 1 aromatic heterocycles. The molecule has 32 heavy (non-hydrogen) atoms. The number of ketones is 1. The summed E-state index contributed by atoms with van der Waals surface area (Å²) >= 11 is 0. The van der Waals surface area contributed by atoms with Crippen molar-refractivity contribution in [1.82, 2.24) is 4.57 Å². The minimum Gasteiger partial charge on any atom is -0.454 e. The van der Waals surface area contributed by atoms with Gasteiger partial charge in [-0.05, 0) is 36.8 Å². The number of carbonyl (C=O) groups is 2. The van der Waals surface area contributed by atoms with Gasteiger partial charge in [0.15, 0.2) is 6.61 Å². The first-order valence-electron chi connectivity index (χ1n) is 10.2. The SMILES string of the molecule is N#CCCn1cc(C(=O)COC(=O)c2ccc(N3CCCS3(=O)=O)cc2)c2ccccc21. The fourth-order valence-electron chi connectivity index (χ4n) is 3.81. The molecule has 1 aliphatic heterocycles. The second-order valence-corrected chi connectivity index (χ2v) is 9.46. The minimum absolute atomic E-state index is 0.117. The molecule has 3 aromatic rings. The fourth-order valence-corrected chi connectivity index (χ4v) is 5.37. The number of sulfonamides is 1. The topological polar surface area (TPSA) is 109 Å². The number of anilines is 1. The van der Waals surface area contributed by atoms with Gasteiger partial charge in [0.05, 0.1) is 29.5 Å². The van der Waals surface area contributed by atoms with Crippen LogP contribution in [0.5, 0.6) is 0 Å². The molecule has 9 heteroatoms. The summed E-state index contributed by atoms with van der Waals surface area (Å²) in [6.07, 6.45) is 2.57. The lowest BCUT2D eigenvalue weighted by atomic mass is 10.1. The predicted octanol–water partition coefficient (Wildman–Crippen LogP) is 3.13. The first kappa shape index (κ1) is 21.6. The molecule has 164 valence electrons. The predicted molar refractivity (Wildman–Crippen MR) is 119 cm³/mol. The summed E-state index contributed by atoms with van der Waals surface area (Å²) in [5.41, 5.74) is 2.00. The van der Waals surface area contributed by atoms with Gasteiger partial charge in [0, 0.05) is 35.8 Å². The zero-order valence-corrected chi connectivity index (χ0v) is 18.0. The number of para-hydroxylation sites is 1. The number of nitrogens with zero attached hydrogens (tertiary/aromatic N) is 3. The van der Waals surface area contributed by atoms with Crippen molar-refractivity contribution in [2.45, 2.75) is 19.4 Å². The summed E-state index contributed by atoms with van der Waals surface area (Å²) in [5, 5.41) is 9.59. The van der Waals surface area contributed by atoms with Crippen LogP contribution in [0.3, 0.4) is 0 Å². The highest BCUT2D eigenvalue weighted by Crippen LogP contribution is 2.25. The Morgan fingerprint density at radius 3 is 2.53 bits per heavy atom. The van der Waals surface area contributed by atoms with E-state index in [9.17, 15) is 18.0 Å². The lowest BCUT2D eigenvalue weighted by Crippen LogP contribution is -2.25. The van der Waals surface area contributed by atoms with E-state index in [4.69, 9.17) is 10.00 Å². The number of Topliss-reactive ketones (excluding diaryl/α,β-unsaturated/α-hetero) is 1. The van der Waals surface area contributed by atoms with Gasteiger partial charge in [-0.15, -0.1) is 0 Å². The number of rotatable bonds is 7. The van der Waals surface area contributed by atoms with Gasteiger partial charge in [-0.25, -0.2) is 13.2 Å². The van der Waals surface area contributed by atoms with Crippen molar-refractivity contribution in [2.24, 2.45) is 0 Å². The van der Waals surface area contributed by atoms with Crippen LogP contribution in [0.1, 0.15) is 33.6 Å². The molecule has 0 bridgehead atoms. The molecule has 8 nitrogen and oxygen atoms in total. The average molecular weight is 452 g/mol. The van der Waals surface area contributed by atoms with Crippen molar-refractivity contribution in [3.63, 3.8) is 0 Å². The molecule has 1 aliphatic rings. The quantitative estimate of drug-likeness (QED) is 0.403. The number of esters is 1. The molecule has 2 heterocycles. The van der Waals surface area contributed by atoms with E-state index in [1.165, 1.54) is 16.4 Å². The third-order valence-corrected chi connectivity index (χ3v) is 7.25. The Morgan fingerprint density at radius 2 is 1.84 bits per heavy atom. The van der Waals surface area contributed by atoms with Gasteiger partial charge in [0.2, 0.25) is 15.8 Å². The maximum Gasteiger partial charge on any atom is 0.338 e. The Morgan fingerprint density at radius 1 is 1.09 bits per heavy atom. The first-order chi connectivity index (χ1) is 15.4. The van der Waals surface area contributed by atoms with Gasteiger partial charge in [-0.3, -0.25) is 9.10 Å². The van der Waals surface area contributed by atoms with Crippen LogP contribution in [0.15, 0.2) is 54.7 Å². The molecule has 4 rings (SSSR count). The van der Waals surface area contributed by atoms with Crippen molar-refractivity contribution in [2.75, 3.05) is 23.2 Å². The van der Waals surface area contributed by atoms with Crippen molar-refractivity contribution >= 4 is 38.4 Å². The van der Waals surface area contributed by atoms with Crippen LogP contribution in [-0.2, 0) is 21.3 Å². The van der Waals surface area contributed by atoms with E-state index in [0.29, 0.717) is 37.2 Å². The molecule has 0 amide bonds. The number of aryl methyl sites for hydroxylation is 1. The maximum absolute atomic E-state index is 12.8. The molecular weight excluding hydrogens is 430 g/mol.